The minimum absolute atomic E-state index is 0.116. The van der Waals surface area contributed by atoms with Gasteiger partial charge in [-0.05, 0) is 38.3 Å². The lowest BCUT2D eigenvalue weighted by molar-refractivity contribution is -0.122. The van der Waals surface area contributed by atoms with E-state index in [-0.39, 0.29) is 18.5 Å². The van der Waals surface area contributed by atoms with Gasteiger partial charge in [-0.15, -0.1) is 0 Å². The Morgan fingerprint density at radius 2 is 2.05 bits per heavy atom. The van der Waals surface area contributed by atoms with E-state index in [1.807, 2.05) is 24.3 Å². The van der Waals surface area contributed by atoms with Gasteiger partial charge in [-0.3, -0.25) is 4.79 Å². The molecule has 1 aromatic carbocycles. The molecule has 1 unspecified atom stereocenters. The third-order valence-electron chi connectivity index (χ3n) is 4.06. The summed E-state index contributed by atoms with van der Waals surface area (Å²) in [5.41, 5.74) is 2.18. The predicted molar refractivity (Wildman–Crippen MR) is 84.1 cm³/mol. The molecule has 0 fully saturated rings. The number of rotatable bonds is 4. The van der Waals surface area contributed by atoms with Gasteiger partial charge < -0.3 is 10.6 Å². The lowest BCUT2D eigenvalue weighted by Crippen LogP contribution is -2.49. The van der Waals surface area contributed by atoms with Crippen molar-refractivity contribution in [2.75, 3.05) is 18.1 Å². The van der Waals surface area contributed by atoms with Crippen molar-refractivity contribution < 1.29 is 13.2 Å². The van der Waals surface area contributed by atoms with E-state index in [9.17, 15) is 13.2 Å². The molecule has 6 heteroatoms. The van der Waals surface area contributed by atoms with E-state index < -0.39 is 14.6 Å². The fourth-order valence-corrected chi connectivity index (χ4v) is 2.52. The highest BCUT2D eigenvalue weighted by Crippen LogP contribution is 2.24. The Bertz CT molecular complexity index is 638. The van der Waals surface area contributed by atoms with Crippen molar-refractivity contribution in [1.29, 1.82) is 0 Å². The molecular formula is C15H22N2O3S. The topological polar surface area (TPSA) is 75.3 Å². The maximum atomic E-state index is 12.2. The zero-order chi connectivity index (χ0) is 15.7. The van der Waals surface area contributed by atoms with Gasteiger partial charge in [0.1, 0.15) is 6.04 Å². The Balaban J connectivity index is 1.97. The Labute approximate surface area is 126 Å². The van der Waals surface area contributed by atoms with Crippen LogP contribution in [0.1, 0.15) is 25.8 Å². The molecule has 2 N–H and O–H groups in total. The summed E-state index contributed by atoms with van der Waals surface area (Å²) in [5, 5.41) is 5.96. The molecule has 1 heterocycles. The van der Waals surface area contributed by atoms with E-state index in [1.54, 1.807) is 13.8 Å². The predicted octanol–water partition coefficient (Wildman–Crippen LogP) is 1.35. The Morgan fingerprint density at radius 3 is 2.71 bits per heavy atom. The number of nitrogens with one attached hydrogen (secondary N) is 2. The lowest BCUT2D eigenvalue weighted by Gasteiger charge is -2.28. The number of amides is 1. The van der Waals surface area contributed by atoms with E-state index >= 15 is 0 Å². The van der Waals surface area contributed by atoms with Crippen LogP contribution in [-0.4, -0.2) is 37.9 Å². The molecule has 0 saturated heterocycles. The summed E-state index contributed by atoms with van der Waals surface area (Å²) in [4.78, 5) is 12.2. The first-order valence-electron chi connectivity index (χ1n) is 7.02. The SMILES string of the molecule is CC(C)(CNC(=O)C1CCc2ccccc2N1)S(C)(=O)=O. The van der Waals surface area contributed by atoms with Crippen LogP contribution in [0.15, 0.2) is 24.3 Å². The molecule has 1 atom stereocenters. The number of hydrogen-bond acceptors (Lipinski definition) is 4. The normalized spacial score (nSPS) is 18.5. The van der Waals surface area contributed by atoms with E-state index in [0.717, 1.165) is 12.1 Å². The second kappa shape index (κ2) is 5.67. The summed E-state index contributed by atoms with van der Waals surface area (Å²) in [5.74, 6) is -0.152. The first kappa shape index (κ1) is 15.8. The van der Waals surface area contributed by atoms with Crippen molar-refractivity contribution in [3.63, 3.8) is 0 Å². The number of sulfone groups is 1. The number of anilines is 1. The maximum Gasteiger partial charge on any atom is 0.242 e. The number of fused-ring (bicyclic) bond motifs is 1. The first-order valence-corrected chi connectivity index (χ1v) is 8.91. The second-order valence-corrected chi connectivity index (χ2v) is 8.79. The fraction of sp³-hybridized carbons (Fsp3) is 0.533. The smallest absolute Gasteiger partial charge is 0.242 e. The monoisotopic (exact) mass is 310 g/mol. The molecule has 0 aromatic heterocycles. The third-order valence-corrected chi connectivity index (χ3v) is 6.21. The van der Waals surface area contributed by atoms with Crippen molar-refractivity contribution in [1.82, 2.24) is 5.32 Å². The average Bonchev–Trinajstić information content (AvgIpc) is 2.43. The van der Waals surface area contributed by atoms with E-state index in [2.05, 4.69) is 10.6 Å². The fourth-order valence-electron chi connectivity index (χ4n) is 2.19. The summed E-state index contributed by atoms with van der Waals surface area (Å²) in [7, 11) is -3.21. The molecule has 21 heavy (non-hydrogen) atoms. The molecule has 1 aromatic rings. The molecular weight excluding hydrogens is 288 g/mol. The summed E-state index contributed by atoms with van der Waals surface area (Å²) in [6, 6.07) is 7.60. The molecule has 0 radical (unpaired) electrons. The first-order chi connectivity index (χ1) is 9.71. The lowest BCUT2D eigenvalue weighted by atomic mass is 9.97. The van der Waals surface area contributed by atoms with Crippen LogP contribution >= 0.6 is 0 Å². The van der Waals surface area contributed by atoms with Gasteiger partial charge in [0.25, 0.3) is 0 Å². The molecule has 1 aliphatic rings. The van der Waals surface area contributed by atoms with Crippen LogP contribution in [-0.2, 0) is 21.1 Å². The highest BCUT2D eigenvalue weighted by molar-refractivity contribution is 7.92. The average molecular weight is 310 g/mol. The maximum absolute atomic E-state index is 12.2. The van der Waals surface area contributed by atoms with Crippen molar-refractivity contribution in [2.45, 2.75) is 37.5 Å². The highest BCUT2D eigenvalue weighted by atomic mass is 32.2. The third kappa shape index (κ3) is 3.56. The zero-order valence-corrected chi connectivity index (χ0v) is 13.5. The summed E-state index contributed by atoms with van der Waals surface area (Å²) < 4.78 is 22.3. The number of benzene rings is 1. The van der Waals surface area contributed by atoms with Crippen LogP contribution in [0.3, 0.4) is 0 Å². The molecule has 0 aliphatic carbocycles. The molecule has 1 amide bonds. The van der Waals surface area contributed by atoms with Crippen LogP contribution in [0.2, 0.25) is 0 Å². The summed E-state index contributed by atoms with van der Waals surface area (Å²) in [6.45, 7) is 3.35. The van der Waals surface area contributed by atoms with Crippen LogP contribution in [0.4, 0.5) is 5.69 Å². The van der Waals surface area contributed by atoms with Crippen LogP contribution in [0, 0.1) is 0 Å². The van der Waals surface area contributed by atoms with Crippen molar-refractivity contribution in [3.05, 3.63) is 29.8 Å². The minimum atomic E-state index is -3.21. The molecule has 0 spiro atoms. The van der Waals surface area contributed by atoms with Gasteiger partial charge in [0.2, 0.25) is 5.91 Å². The van der Waals surface area contributed by atoms with Crippen molar-refractivity contribution in [3.8, 4) is 0 Å². The van der Waals surface area contributed by atoms with E-state index in [1.165, 1.54) is 11.8 Å². The van der Waals surface area contributed by atoms with Gasteiger partial charge in [0, 0.05) is 18.5 Å². The summed E-state index contributed by atoms with van der Waals surface area (Å²) in [6.07, 6.45) is 2.74. The molecule has 0 saturated carbocycles. The largest absolute Gasteiger partial charge is 0.373 e. The standard InChI is InChI=1S/C15H22N2O3S/c1-15(2,21(3,19)20)10-16-14(18)13-9-8-11-6-4-5-7-12(11)17-13/h4-7,13,17H,8-10H2,1-3H3,(H,16,18). The molecule has 2 rings (SSSR count). The van der Waals surface area contributed by atoms with Crippen molar-refractivity contribution >= 4 is 21.4 Å². The quantitative estimate of drug-likeness (QED) is 0.880. The van der Waals surface area contributed by atoms with Gasteiger partial charge in [-0.2, -0.15) is 0 Å². The number of carbonyl (C=O) groups excluding carboxylic acids is 1. The number of carbonyl (C=O) groups is 1. The van der Waals surface area contributed by atoms with Gasteiger partial charge >= 0.3 is 0 Å². The van der Waals surface area contributed by atoms with Gasteiger partial charge in [-0.1, -0.05) is 18.2 Å². The van der Waals surface area contributed by atoms with Crippen LogP contribution < -0.4 is 10.6 Å². The highest BCUT2D eigenvalue weighted by Gasteiger charge is 2.32. The molecule has 0 bridgehead atoms. The molecule has 116 valence electrons. The van der Waals surface area contributed by atoms with E-state index in [4.69, 9.17) is 0 Å². The van der Waals surface area contributed by atoms with Crippen LogP contribution in [0.25, 0.3) is 0 Å². The van der Waals surface area contributed by atoms with Gasteiger partial charge in [0.05, 0.1) is 4.75 Å². The number of aryl methyl sites for hydroxylation is 1. The Hall–Kier alpha value is -1.56. The molecule has 5 nitrogen and oxygen atoms in total. The zero-order valence-electron chi connectivity index (χ0n) is 12.6. The Kier molecular flexibility index (Phi) is 4.27. The van der Waals surface area contributed by atoms with Gasteiger partial charge in [0.15, 0.2) is 9.84 Å². The second-order valence-electron chi connectivity index (χ2n) is 6.14. The Morgan fingerprint density at radius 1 is 1.38 bits per heavy atom. The van der Waals surface area contributed by atoms with Gasteiger partial charge in [-0.25, -0.2) is 8.42 Å². The number of hydrogen-bond donors (Lipinski definition) is 2. The van der Waals surface area contributed by atoms with E-state index in [0.29, 0.717) is 6.42 Å². The summed E-state index contributed by atoms with van der Waals surface area (Å²) >= 11 is 0. The minimum Gasteiger partial charge on any atom is -0.373 e. The molecule has 1 aliphatic heterocycles. The van der Waals surface area contributed by atoms with Crippen molar-refractivity contribution in [2.24, 2.45) is 0 Å². The number of para-hydroxylation sites is 1. The van der Waals surface area contributed by atoms with Crippen LogP contribution in [0.5, 0.6) is 0 Å².